The monoisotopic (exact) mass is 297 g/mol. The quantitative estimate of drug-likeness (QED) is 0.498. The van der Waals surface area contributed by atoms with Gasteiger partial charge in [0.05, 0.1) is 0 Å². The Morgan fingerprint density at radius 2 is 1.50 bits per heavy atom. The standard InChI is InChI=1S/C12H9NO2.C4H2O3/c14-11-8-10(12(15)13-11)7-6-9-4-2-1-3-5-9;5-3-1-2-4(6)7-3/h1-8H,(H,13,14,15);1-2H. The van der Waals surface area contributed by atoms with Crippen molar-refractivity contribution in [2.75, 3.05) is 0 Å². The molecule has 0 fully saturated rings. The summed E-state index contributed by atoms with van der Waals surface area (Å²) in [5, 5.41) is 2.18. The van der Waals surface area contributed by atoms with Gasteiger partial charge < -0.3 is 4.74 Å². The van der Waals surface area contributed by atoms with Gasteiger partial charge in [0.15, 0.2) is 0 Å². The molecule has 1 aromatic rings. The van der Waals surface area contributed by atoms with Crippen molar-refractivity contribution < 1.29 is 23.9 Å². The largest absolute Gasteiger partial charge is 0.387 e. The number of hydrogen-bond donors (Lipinski definition) is 1. The Morgan fingerprint density at radius 1 is 0.864 bits per heavy atom. The lowest BCUT2D eigenvalue weighted by atomic mass is 10.1. The number of carbonyl (C=O) groups excluding carboxylic acids is 4. The fraction of sp³-hybridized carbons (Fsp3) is 0. The average Bonchev–Trinajstić information content (AvgIpc) is 3.03. The number of carbonyl (C=O) groups is 4. The van der Waals surface area contributed by atoms with E-state index in [4.69, 9.17) is 0 Å². The normalized spacial score (nSPS) is 16.3. The van der Waals surface area contributed by atoms with Crippen LogP contribution in [0.2, 0.25) is 0 Å². The van der Waals surface area contributed by atoms with Crippen LogP contribution in [0.15, 0.2) is 60.2 Å². The Kier molecular flexibility index (Phi) is 4.77. The molecule has 0 unspecified atom stereocenters. The molecule has 110 valence electrons. The first-order chi connectivity index (χ1) is 10.5. The predicted octanol–water partition coefficient (Wildman–Crippen LogP) is 0.909. The van der Waals surface area contributed by atoms with Gasteiger partial charge in [0.1, 0.15) is 0 Å². The molecule has 2 heterocycles. The van der Waals surface area contributed by atoms with Gasteiger partial charge in [-0.1, -0.05) is 36.4 Å². The zero-order chi connectivity index (χ0) is 15.9. The van der Waals surface area contributed by atoms with Crippen molar-refractivity contribution in [1.29, 1.82) is 0 Å². The summed E-state index contributed by atoms with van der Waals surface area (Å²) in [5.41, 5.74) is 1.38. The maximum absolute atomic E-state index is 11.2. The lowest BCUT2D eigenvalue weighted by molar-refractivity contribution is -0.150. The molecule has 0 aromatic heterocycles. The Morgan fingerprint density at radius 3 is 1.95 bits per heavy atom. The summed E-state index contributed by atoms with van der Waals surface area (Å²) in [6.07, 6.45) is 6.89. The third kappa shape index (κ3) is 4.38. The van der Waals surface area contributed by atoms with E-state index in [0.29, 0.717) is 5.57 Å². The van der Waals surface area contributed by atoms with Gasteiger partial charge in [-0.15, -0.1) is 0 Å². The van der Waals surface area contributed by atoms with Gasteiger partial charge in [0.2, 0.25) is 0 Å². The topological polar surface area (TPSA) is 89.5 Å². The second-order valence-corrected chi connectivity index (χ2v) is 4.24. The van der Waals surface area contributed by atoms with Crippen molar-refractivity contribution in [2.24, 2.45) is 0 Å². The highest BCUT2D eigenvalue weighted by Crippen LogP contribution is 2.08. The molecule has 6 nitrogen and oxygen atoms in total. The molecule has 0 saturated heterocycles. The lowest BCUT2D eigenvalue weighted by Crippen LogP contribution is -2.21. The molecule has 0 saturated carbocycles. The Bertz CT molecular complexity index is 697. The maximum atomic E-state index is 11.2. The van der Waals surface area contributed by atoms with E-state index in [1.54, 1.807) is 12.2 Å². The van der Waals surface area contributed by atoms with Crippen LogP contribution < -0.4 is 5.32 Å². The molecule has 0 bridgehead atoms. The zero-order valence-corrected chi connectivity index (χ0v) is 11.3. The molecule has 0 aliphatic carbocycles. The zero-order valence-electron chi connectivity index (χ0n) is 11.3. The van der Waals surface area contributed by atoms with E-state index in [0.717, 1.165) is 17.7 Å². The van der Waals surface area contributed by atoms with Crippen molar-refractivity contribution in [3.05, 3.63) is 65.8 Å². The van der Waals surface area contributed by atoms with Gasteiger partial charge in [-0.2, -0.15) is 0 Å². The maximum Gasteiger partial charge on any atom is 0.338 e. The van der Waals surface area contributed by atoms with Crippen molar-refractivity contribution in [1.82, 2.24) is 5.32 Å². The highest BCUT2D eigenvalue weighted by atomic mass is 16.6. The Balaban J connectivity index is 0.000000211. The minimum Gasteiger partial charge on any atom is -0.387 e. The van der Waals surface area contributed by atoms with Crippen LogP contribution in [0.25, 0.3) is 6.08 Å². The summed E-state index contributed by atoms with van der Waals surface area (Å²) in [6, 6.07) is 9.59. The summed E-state index contributed by atoms with van der Waals surface area (Å²) >= 11 is 0. The molecule has 3 rings (SSSR count). The van der Waals surface area contributed by atoms with Crippen molar-refractivity contribution in [2.45, 2.75) is 0 Å². The third-order valence-corrected chi connectivity index (χ3v) is 2.60. The molecule has 22 heavy (non-hydrogen) atoms. The first kappa shape index (κ1) is 15.1. The first-order valence-corrected chi connectivity index (χ1v) is 6.28. The summed E-state index contributed by atoms with van der Waals surface area (Å²) in [7, 11) is 0. The third-order valence-electron chi connectivity index (χ3n) is 2.60. The summed E-state index contributed by atoms with van der Waals surface area (Å²) in [6.45, 7) is 0. The molecule has 2 amide bonds. The second kappa shape index (κ2) is 6.94. The molecular weight excluding hydrogens is 286 g/mol. The van der Waals surface area contributed by atoms with Crippen LogP contribution in [0, 0.1) is 0 Å². The molecule has 6 heteroatoms. The molecule has 0 atom stereocenters. The van der Waals surface area contributed by atoms with E-state index in [1.165, 1.54) is 6.08 Å². The molecule has 0 radical (unpaired) electrons. The number of esters is 2. The van der Waals surface area contributed by atoms with Gasteiger partial charge >= 0.3 is 11.9 Å². The van der Waals surface area contributed by atoms with Crippen molar-refractivity contribution >= 4 is 29.8 Å². The molecule has 0 spiro atoms. The van der Waals surface area contributed by atoms with E-state index in [1.807, 2.05) is 30.3 Å². The van der Waals surface area contributed by atoms with Crippen LogP contribution in [0.1, 0.15) is 5.56 Å². The van der Waals surface area contributed by atoms with Gasteiger partial charge in [0, 0.05) is 23.8 Å². The smallest absolute Gasteiger partial charge is 0.338 e. The van der Waals surface area contributed by atoms with Crippen LogP contribution in [0.4, 0.5) is 0 Å². The molecule has 2 aliphatic heterocycles. The van der Waals surface area contributed by atoms with E-state index in [-0.39, 0.29) is 11.8 Å². The highest BCUT2D eigenvalue weighted by Gasteiger charge is 2.17. The van der Waals surface area contributed by atoms with Gasteiger partial charge in [-0.05, 0) is 11.6 Å². The number of nitrogens with one attached hydrogen (secondary N) is 1. The number of benzene rings is 1. The van der Waals surface area contributed by atoms with E-state index in [2.05, 4.69) is 10.1 Å². The highest BCUT2D eigenvalue weighted by molar-refractivity contribution is 6.18. The number of ether oxygens (including phenoxy) is 1. The van der Waals surface area contributed by atoms with Crippen molar-refractivity contribution in [3.63, 3.8) is 0 Å². The molecular formula is C16H11NO5. The summed E-state index contributed by atoms with van der Waals surface area (Å²) in [5.74, 6) is -1.85. The van der Waals surface area contributed by atoms with Crippen LogP contribution in [0.5, 0.6) is 0 Å². The Hall–Kier alpha value is -3.28. The lowest BCUT2D eigenvalue weighted by Gasteiger charge is -1.92. The van der Waals surface area contributed by atoms with Crippen LogP contribution >= 0.6 is 0 Å². The first-order valence-electron chi connectivity index (χ1n) is 6.28. The minimum atomic E-state index is -0.579. The number of imide groups is 1. The van der Waals surface area contributed by atoms with Crippen molar-refractivity contribution in [3.8, 4) is 0 Å². The molecule has 1 N–H and O–H groups in total. The van der Waals surface area contributed by atoms with Crippen LogP contribution in [0.3, 0.4) is 0 Å². The van der Waals surface area contributed by atoms with Gasteiger partial charge in [0.25, 0.3) is 11.8 Å². The van der Waals surface area contributed by atoms with Gasteiger partial charge in [-0.25, -0.2) is 9.59 Å². The number of rotatable bonds is 2. The fourth-order valence-corrected chi connectivity index (χ4v) is 1.60. The number of amides is 2. The SMILES string of the molecule is O=C1C=C(C=Cc2ccccc2)C(=O)N1.O=C1C=CC(=O)O1. The van der Waals surface area contributed by atoms with E-state index >= 15 is 0 Å². The Labute approximate surface area is 125 Å². The number of cyclic esters (lactones) is 2. The fourth-order valence-electron chi connectivity index (χ4n) is 1.60. The second-order valence-electron chi connectivity index (χ2n) is 4.24. The summed E-state index contributed by atoms with van der Waals surface area (Å²) in [4.78, 5) is 41.8. The molecule has 2 aliphatic rings. The van der Waals surface area contributed by atoms with Crippen LogP contribution in [-0.2, 0) is 23.9 Å². The van der Waals surface area contributed by atoms with Crippen LogP contribution in [-0.4, -0.2) is 23.8 Å². The molecule has 1 aromatic carbocycles. The number of hydrogen-bond acceptors (Lipinski definition) is 5. The van der Waals surface area contributed by atoms with E-state index < -0.39 is 11.9 Å². The minimum absolute atomic E-state index is 0.341. The van der Waals surface area contributed by atoms with E-state index in [9.17, 15) is 19.2 Å². The van der Waals surface area contributed by atoms with Gasteiger partial charge in [-0.3, -0.25) is 14.9 Å². The average molecular weight is 297 g/mol. The predicted molar refractivity (Wildman–Crippen MR) is 76.9 cm³/mol. The summed E-state index contributed by atoms with van der Waals surface area (Å²) < 4.78 is 3.97.